The lowest BCUT2D eigenvalue weighted by molar-refractivity contribution is -0.139. The second-order valence-electron chi connectivity index (χ2n) is 7.52. The standard InChI is InChI=1S/C26H19NO3/c28-25(18-6-2-1-3-7-18)27-22(26(29)30)15-20-14-19-10-4-8-16-12-13-17-9-5-11-21(20)24(17)23(16)19/h1-14,22H,15H2,(H,27,28)(H,29,30). The van der Waals surface area contributed by atoms with E-state index in [-0.39, 0.29) is 12.3 Å². The predicted molar refractivity (Wildman–Crippen MR) is 119 cm³/mol. The molecule has 0 aliphatic carbocycles. The maximum Gasteiger partial charge on any atom is 0.326 e. The molecule has 0 heterocycles. The molecular formula is C26H19NO3. The largest absolute Gasteiger partial charge is 0.480 e. The molecule has 1 amide bonds. The molecule has 5 rings (SSSR count). The van der Waals surface area contributed by atoms with E-state index in [1.54, 1.807) is 24.3 Å². The Morgan fingerprint density at radius 2 is 1.43 bits per heavy atom. The van der Waals surface area contributed by atoms with Crippen molar-refractivity contribution < 1.29 is 14.7 Å². The van der Waals surface area contributed by atoms with Gasteiger partial charge in [0.2, 0.25) is 0 Å². The third-order valence-corrected chi connectivity index (χ3v) is 5.66. The van der Waals surface area contributed by atoms with Gasteiger partial charge in [-0.1, -0.05) is 72.8 Å². The van der Waals surface area contributed by atoms with Gasteiger partial charge in [0.25, 0.3) is 5.91 Å². The third-order valence-electron chi connectivity index (χ3n) is 5.66. The van der Waals surface area contributed by atoms with Gasteiger partial charge in [0.15, 0.2) is 0 Å². The van der Waals surface area contributed by atoms with Crippen molar-refractivity contribution in [3.05, 3.63) is 96.1 Å². The smallest absolute Gasteiger partial charge is 0.326 e. The van der Waals surface area contributed by atoms with Gasteiger partial charge in [-0.3, -0.25) is 4.79 Å². The zero-order valence-electron chi connectivity index (χ0n) is 16.1. The van der Waals surface area contributed by atoms with Crippen molar-refractivity contribution in [3.63, 3.8) is 0 Å². The summed E-state index contributed by atoms with van der Waals surface area (Å²) >= 11 is 0. The second-order valence-corrected chi connectivity index (χ2v) is 7.52. The Balaban J connectivity index is 1.59. The molecule has 1 unspecified atom stereocenters. The van der Waals surface area contributed by atoms with Crippen LogP contribution in [-0.2, 0) is 11.2 Å². The first kappa shape index (κ1) is 18.1. The van der Waals surface area contributed by atoms with Crippen LogP contribution in [0, 0.1) is 0 Å². The minimum atomic E-state index is -1.05. The molecule has 4 heteroatoms. The highest BCUT2D eigenvalue weighted by atomic mass is 16.4. The van der Waals surface area contributed by atoms with Crippen LogP contribution in [0.5, 0.6) is 0 Å². The first-order chi connectivity index (χ1) is 14.6. The van der Waals surface area contributed by atoms with Gasteiger partial charge in [-0.25, -0.2) is 4.79 Å². The summed E-state index contributed by atoms with van der Waals surface area (Å²) in [5.74, 6) is -1.44. The molecule has 5 aromatic carbocycles. The fourth-order valence-electron chi connectivity index (χ4n) is 4.26. The Labute approximate surface area is 173 Å². The van der Waals surface area contributed by atoms with Gasteiger partial charge in [-0.05, 0) is 50.0 Å². The lowest BCUT2D eigenvalue weighted by Gasteiger charge is -2.18. The van der Waals surface area contributed by atoms with E-state index in [0.29, 0.717) is 5.56 Å². The van der Waals surface area contributed by atoms with Crippen LogP contribution >= 0.6 is 0 Å². The summed E-state index contributed by atoms with van der Waals surface area (Å²) in [4.78, 5) is 24.5. The lowest BCUT2D eigenvalue weighted by Crippen LogP contribution is -2.42. The molecule has 0 radical (unpaired) electrons. The van der Waals surface area contributed by atoms with E-state index in [9.17, 15) is 14.7 Å². The van der Waals surface area contributed by atoms with E-state index >= 15 is 0 Å². The normalized spacial score (nSPS) is 12.4. The molecule has 146 valence electrons. The van der Waals surface area contributed by atoms with Crippen LogP contribution in [0.3, 0.4) is 0 Å². The van der Waals surface area contributed by atoms with Gasteiger partial charge >= 0.3 is 5.97 Å². The molecule has 0 aromatic heterocycles. The van der Waals surface area contributed by atoms with Crippen molar-refractivity contribution >= 4 is 44.2 Å². The molecule has 0 fully saturated rings. The van der Waals surface area contributed by atoms with Gasteiger partial charge in [0, 0.05) is 12.0 Å². The maximum absolute atomic E-state index is 12.6. The Kier molecular flexibility index (Phi) is 4.32. The van der Waals surface area contributed by atoms with E-state index in [1.165, 1.54) is 5.39 Å². The van der Waals surface area contributed by atoms with E-state index in [4.69, 9.17) is 0 Å². The van der Waals surface area contributed by atoms with Crippen LogP contribution in [0.2, 0.25) is 0 Å². The molecule has 0 aliphatic rings. The second kappa shape index (κ2) is 7.16. The van der Waals surface area contributed by atoms with E-state index < -0.39 is 12.0 Å². The zero-order valence-corrected chi connectivity index (χ0v) is 16.1. The average molecular weight is 393 g/mol. The Morgan fingerprint density at radius 1 is 0.767 bits per heavy atom. The molecule has 1 atom stereocenters. The molecule has 0 bridgehead atoms. The number of carbonyl (C=O) groups excluding carboxylic acids is 1. The minimum absolute atomic E-state index is 0.206. The van der Waals surface area contributed by atoms with Crippen molar-refractivity contribution in [2.45, 2.75) is 12.5 Å². The Hall–Kier alpha value is -3.92. The predicted octanol–water partition coefficient (Wildman–Crippen LogP) is 5.01. The molecule has 5 aromatic rings. The van der Waals surface area contributed by atoms with Crippen molar-refractivity contribution in [1.82, 2.24) is 5.32 Å². The summed E-state index contributed by atoms with van der Waals surface area (Å²) in [5.41, 5.74) is 1.35. The fraction of sp³-hybridized carbons (Fsp3) is 0.0769. The molecule has 0 aliphatic heterocycles. The summed E-state index contributed by atoms with van der Waals surface area (Å²) in [6.07, 6.45) is 0.206. The van der Waals surface area contributed by atoms with Gasteiger partial charge < -0.3 is 10.4 Å². The Morgan fingerprint density at radius 3 is 2.17 bits per heavy atom. The van der Waals surface area contributed by atoms with Crippen molar-refractivity contribution in [2.75, 3.05) is 0 Å². The Bertz CT molecular complexity index is 1390. The summed E-state index contributed by atoms with van der Waals surface area (Å²) < 4.78 is 0. The van der Waals surface area contributed by atoms with Crippen LogP contribution in [0.1, 0.15) is 15.9 Å². The van der Waals surface area contributed by atoms with E-state index in [2.05, 4.69) is 41.7 Å². The van der Waals surface area contributed by atoms with Crippen LogP contribution in [0.4, 0.5) is 0 Å². The maximum atomic E-state index is 12.6. The summed E-state index contributed by atoms with van der Waals surface area (Å²) in [7, 11) is 0. The van der Waals surface area contributed by atoms with Crippen LogP contribution in [0.15, 0.2) is 84.9 Å². The zero-order chi connectivity index (χ0) is 20.7. The molecular weight excluding hydrogens is 374 g/mol. The number of carboxylic acid groups (broad SMARTS) is 1. The highest BCUT2D eigenvalue weighted by molar-refractivity contribution is 6.23. The minimum Gasteiger partial charge on any atom is -0.480 e. The number of benzene rings is 5. The number of hydrogen-bond acceptors (Lipinski definition) is 2. The topological polar surface area (TPSA) is 66.4 Å². The molecule has 0 spiro atoms. The molecule has 30 heavy (non-hydrogen) atoms. The first-order valence-corrected chi connectivity index (χ1v) is 9.86. The average Bonchev–Trinajstić information content (AvgIpc) is 2.78. The lowest BCUT2D eigenvalue weighted by atomic mass is 9.89. The highest BCUT2D eigenvalue weighted by Gasteiger charge is 2.23. The molecule has 0 saturated carbocycles. The van der Waals surface area contributed by atoms with Gasteiger partial charge in [0.05, 0.1) is 0 Å². The molecule has 2 N–H and O–H groups in total. The third kappa shape index (κ3) is 3.03. The van der Waals surface area contributed by atoms with Crippen molar-refractivity contribution in [3.8, 4) is 0 Å². The highest BCUT2D eigenvalue weighted by Crippen LogP contribution is 2.36. The van der Waals surface area contributed by atoms with Gasteiger partial charge in [-0.2, -0.15) is 0 Å². The summed E-state index contributed by atoms with van der Waals surface area (Å²) in [5, 5.41) is 19.2. The quantitative estimate of drug-likeness (QED) is 0.413. The number of rotatable bonds is 5. The summed E-state index contributed by atoms with van der Waals surface area (Å²) in [6.45, 7) is 0. The van der Waals surface area contributed by atoms with Gasteiger partial charge in [-0.15, -0.1) is 0 Å². The number of hydrogen-bond donors (Lipinski definition) is 2. The monoisotopic (exact) mass is 393 g/mol. The first-order valence-electron chi connectivity index (χ1n) is 9.86. The van der Waals surface area contributed by atoms with Crippen molar-refractivity contribution in [2.24, 2.45) is 0 Å². The molecule has 4 nitrogen and oxygen atoms in total. The number of nitrogens with one attached hydrogen (secondary N) is 1. The van der Waals surface area contributed by atoms with Crippen LogP contribution in [0.25, 0.3) is 32.3 Å². The van der Waals surface area contributed by atoms with E-state index in [0.717, 1.165) is 32.5 Å². The number of aliphatic carboxylic acids is 1. The molecule has 0 saturated heterocycles. The fourth-order valence-corrected chi connectivity index (χ4v) is 4.26. The SMILES string of the molecule is O=C(NC(Cc1cc2cccc3ccc4cccc1c4c32)C(=O)O)c1ccccc1. The number of carboxylic acids is 1. The van der Waals surface area contributed by atoms with Gasteiger partial charge in [0.1, 0.15) is 6.04 Å². The van der Waals surface area contributed by atoms with Crippen LogP contribution < -0.4 is 5.32 Å². The summed E-state index contributed by atoms with van der Waals surface area (Å²) in [6, 6.07) is 26.2. The van der Waals surface area contributed by atoms with Crippen LogP contribution in [-0.4, -0.2) is 23.0 Å². The van der Waals surface area contributed by atoms with Crippen molar-refractivity contribution in [1.29, 1.82) is 0 Å². The number of carbonyl (C=O) groups is 2. The van der Waals surface area contributed by atoms with E-state index in [1.807, 2.05) is 24.3 Å². The number of amides is 1.